The molecule has 4 nitrogen and oxygen atoms in total. The zero-order chi connectivity index (χ0) is 17.1. The summed E-state index contributed by atoms with van der Waals surface area (Å²) in [4.78, 5) is 16.9. The third-order valence-electron chi connectivity index (χ3n) is 4.69. The number of benzene rings is 2. The molecule has 0 spiro atoms. The molecule has 1 aromatic heterocycles. The fraction of sp³-hybridized carbons (Fsp3) is 0.238. The highest BCUT2D eigenvalue weighted by Gasteiger charge is 2.30. The Bertz CT molecular complexity index is 843. The van der Waals surface area contributed by atoms with Gasteiger partial charge in [-0.15, -0.1) is 0 Å². The molecule has 0 amide bonds. The van der Waals surface area contributed by atoms with Crippen molar-refractivity contribution in [2.24, 2.45) is 0 Å². The van der Waals surface area contributed by atoms with Crippen LogP contribution in [0.1, 0.15) is 34.0 Å². The van der Waals surface area contributed by atoms with Gasteiger partial charge in [-0.1, -0.05) is 54.6 Å². The van der Waals surface area contributed by atoms with E-state index < -0.39 is 6.10 Å². The summed E-state index contributed by atoms with van der Waals surface area (Å²) in [5.74, 6) is 0.0911. The molecule has 4 heteroatoms. The van der Waals surface area contributed by atoms with Crippen molar-refractivity contribution in [3.8, 4) is 0 Å². The second-order valence-electron chi connectivity index (χ2n) is 6.34. The maximum absolute atomic E-state index is 12.8. The quantitative estimate of drug-likeness (QED) is 0.713. The van der Waals surface area contributed by atoms with Crippen molar-refractivity contribution >= 4 is 5.78 Å². The van der Waals surface area contributed by atoms with Crippen molar-refractivity contribution in [1.29, 1.82) is 0 Å². The molecule has 3 aromatic rings. The summed E-state index contributed by atoms with van der Waals surface area (Å²) in [6.07, 6.45) is 6.46. The van der Waals surface area contributed by atoms with Crippen LogP contribution in [0.3, 0.4) is 0 Å². The van der Waals surface area contributed by atoms with E-state index in [1.54, 1.807) is 12.5 Å². The number of Topliss-reactive ketones (excluding diaryl/α,β-unsaturated/α-hetero) is 1. The largest absolute Gasteiger partial charge is 0.360 e. The van der Waals surface area contributed by atoms with Crippen molar-refractivity contribution < 1.29 is 9.53 Å². The molecule has 126 valence electrons. The zero-order valence-corrected chi connectivity index (χ0v) is 13.9. The monoisotopic (exact) mass is 332 g/mol. The predicted molar refractivity (Wildman–Crippen MR) is 95.4 cm³/mol. The summed E-state index contributed by atoms with van der Waals surface area (Å²) in [5.41, 5.74) is 2.99. The maximum Gasteiger partial charge on any atom is 0.191 e. The molecule has 1 unspecified atom stereocenters. The van der Waals surface area contributed by atoms with E-state index in [4.69, 9.17) is 4.74 Å². The van der Waals surface area contributed by atoms with Crippen LogP contribution in [0.15, 0.2) is 73.3 Å². The van der Waals surface area contributed by atoms with Crippen molar-refractivity contribution in [1.82, 2.24) is 9.55 Å². The Balaban J connectivity index is 1.58. The van der Waals surface area contributed by atoms with Gasteiger partial charge in [0.2, 0.25) is 0 Å². The van der Waals surface area contributed by atoms with Gasteiger partial charge in [0.25, 0.3) is 0 Å². The molecule has 2 aromatic carbocycles. The highest BCUT2D eigenvalue weighted by Crippen LogP contribution is 2.28. The Labute approximate surface area is 147 Å². The van der Waals surface area contributed by atoms with E-state index in [-0.39, 0.29) is 11.9 Å². The molecular formula is C21H20N2O2. The number of rotatable bonds is 5. The summed E-state index contributed by atoms with van der Waals surface area (Å²) in [6, 6.07) is 17.9. The SMILES string of the molecule is O=C1c2ccccc2CCC1O[C@H](Cn1ccnc1)c1ccccc1. The van der Waals surface area contributed by atoms with Gasteiger partial charge in [0.05, 0.1) is 12.9 Å². The number of carbonyl (C=O) groups excluding carboxylic acids is 1. The summed E-state index contributed by atoms with van der Waals surface area (Å²) in [7, 11) is 0. The van der Waals surface area contributed by atoms with Crippen LogP contribution < -0.4 is 0 Å². The summed E-state index contributed by atoms with van der Waals surface area (Å²) >= 11 is 0. The zero-order valence-electron chi connectivity index (χ0n) is 13.9. The average molecular weight is 332 g/mol. The number of ketones is 1. The van der Waals surface area contributed by atoms with Crippen LogP contribution in [0.2, 0.25) is 0 Å². The van der Waals surface area contributed by atoms with E-state index in [2.05, 4.69) is 4.98 Å². The van der Waals surface area contributed by atoms with E-state index >= 15 is 0 Å². The highest BCUT2D eigenvalue weighted by atomic mass is 16.5. The lowest BCUT2D eigenvalue weighted by Crippen LogP contribution is -2.32. The Morgan fingerprint density at radius 1 is 1.12 bits per heavy atom. The van der Waals surface area contributed by atoms with Gasteiger partial charge in [-0.25, -0.2) is 4.98 Å². The first-order chi connectivity index (χ1) is 12.3. The molecule has 0 fully saturated rings. The fourth-order valence-corrected chi connectivity index (χ4v) is 3.38. The van der Waals surface area contributed by atoms with E-state index in [1.165, 1.54) is 0 Å². The fourth-order valence-electron chi connectivity index (χ4n) is 3.38. The van der Waals surface area contributed by atoms with Gasteiger partial charge in [-0.05, 0) is 24.0 Å². The molecule has 0 radical (unpaired) electrons. The van der Waals surface area contributed by atoms with E-state index in [1.807, 2.05) is 65.4 Å². The number of ether oxygens (including phenoxy) is 1. The third kappa shape index (κ3) is 3.39. The number of aromatic nitrogens is 2. The molecule has 1 heterocycles. The standard InChI is InChI=1S/C21H20N2O2/c24-21-18-9-5-4-6-16(18)10-11-19(21)25-20(14-23-13-12-22-15-23)17-7-2-1-3-8-17/h1-9,12-13,15,19-20H,10-11,14H2/t19?,20-/m1/s1. The van der Waals surface area contributed by atoms with Gasteiger partial charge < -0.3 is 9.30 Å². The molecule has 25 heavy (non-hydrogen) atoms. The van der Waals surface area contributed by atoms with Crippen LogP contribution in [0.5, 0.6) is 0 Å². The maximum atomic E-state index is 12.8. The summed E-state index contributed by atoms with van der Waals surface area (Å²) in [6.45, 7) is 0.634. The van der Waals surface area contributed by atoms with Gasteiger partial charge >= 0.3 is 0 Å². The van der Waals surface area contributed by atoms with Crippen LogP contribution >= 0.6 is 0 Å². The Kier molecular flexibility index (Phi) is 4.44. The number of nitrogens with zero attached hydrogens (tertiary/aromatic N) is 2. The first kappa shape index (κ1) is 15.8. The minimum Gasteiger partial charge on any atom is -0.360 e. The van der Waals surface area contributed by atoms with Gasteiger partial charge in [0, 0.05) is 18.0 Å². The Morgan fingerprint density at radius 3 is 2.72 bits per heavy atom. The molecule has 0 saturated heterocycles. The highest BCUT2D eigenvalue weighted by molar-refractivity contribution is 6.01. The number of fused-ring (bicyclic) bond motifs is 1. The van der Waals surface area contributed by atoms with Gasteiger partial charge in [-0.3, -0.25) is 4.79 Å². The second-order valence-corrected chi connectivity index (χ2v) is 6.34. The number of carbonyl (C=O) groups is 1. The molecule has 0 bridgehead atoms. The number of aryl methyl sites for hydroxylation is 1. The molecule has 1 aliphatic carbocycles. The number of hydrogen-bond acceptors (Lipinski definition) is 3. The molecule has 0 N–H and O–H groups in total. The molecule has 0 saturated carbocycles. The molecule has 0 aliphatic heterocycles. The minimum atomic E-state index is -0.399. The lowest BCUT2D eigenvalue weighted by molar-refractivity contribution is -0.0169. The number of hydrogen-bond donors (Lipinski definition) is 0. The lowest BCUT2D eigenvalue weighted by Gasteiger charge is -2.28. The second kappa shape index (κ2) is 7.03. The molecule has 4 rings (SSSR count). The summed E-state index contributed by atoms with van der Waals surface area (Å²) < 4.78 is 8.31. The van der Waals surface area contributed by atoms with E-state index in [9.17, 15) is 4.79 Å². The number of imidazole rings is 1. The van der Waals surface area contributed by atoms with Gasteiger partial charge in [0.1, 0.15) is 12.2 Å². The van der Waals surface area contributed by atoms with Crippen molar-refractivity contribution in [2.75, 3.05) is 0 Å². The average Bonchev–Trinajstić information content (AvgIpc) is 3.17. The smallest absolute Gasteiger partial charge is 0.191 e. The van der Waals surface area contributed by atoms with E-state index in [0.29, 0.717) is 6.54 Å². The minimum absolute atomic E-state index is 0.0911. The first-order valence-electron chi connectivity index (χ1n) is 8.59. The van der Waals surface area contributed by atoms with Crippen LogP contribution in [0, 0.1) is 0 Å². The molecule has 2 atom stereocenters. The van der Waals surface area contributed by atoms with Crippen molar-refractivity contribution in [3.63, 3.8) is 0 Å². The van der Waals surface area contributed by atoms with Crippen LogP contribution in [-0.4, -0.2) is 21.4 Å². The first-order valence-corrected chi connectivity index (χ1v) is 8.59. The molecule has 1 aliphatic rings. The predicted octanol–water partition coefficient (Wildman–Crippen LogP) is 3.84. The topological polar surface area (TPSA) is 44.1 Å². The van der Waals surface area contributed by atoms with E-state index in [0.717, 1.165) is 29.5 Å². The summed E-state index contributed by atoms with van der Waals surface area (Å²) in [5, 5.41) is 0. The van der Waals surface area contributed by atoms with Crippen molar-refractivity contribution in [2.45, 2.75) is 31.6 Å². The Hall–Kier alpha value is -2.72. The van der Waals surface area contributed by atoms with Crippen LogP contribution in [-0.2, 0) is 17.7 Å². The van der Waals surface area contributed by atoms with Gasteiger partial charge in [-0.2, -0.15) is 0 Å². The normalized spacial score (nSPS) is 17.9. The third-order valence-corrected chi connectivity index (χ3v) is 4.69. The van der Waals surface area contributed by atoms with Gasteiger partial charge in [0.15, 0.2) is 5.78 Å². The van der Waals surface area contributed by atoms with Crippen LogP contribution in [0.25, 0.3) is 0 Å². The molecular weight excluding hydrogens is 312 g/mol. The van der Waals surface area contributed by atoms with Crippen LogP contribution in [0.4, 0.5) is 0 Å². The lowest BCUT2D eigenvalue weighted by atomic mass is 9.88. The Morgan fingerprint density at radius 2 is 1.92 bits per heavy atom. The van der Waals surface area contributed by atoms with Crippen molar-refractivity contribution in [3.05, 3.63) is 90.0 Å².